The van der Waals surface area contributed by atoms with E-state index in [2.05, 4.69) is 9.80 Å². The van der Waals surface area contributed by atoms with Gasteiger partial charge in [-0.25, -0.2) is 0 Å². The lowest BCUT2D eigenvalue weighted by atomic mass is 10.1. The minimum Gasteiger partial charge on any atom is -0.372 e. The van der Waals surface area contributed by atoms with E-state index >= 15 is 0 Å². The maximum Gasteiger partial charge on any atom is 0.0707 e. The van der Waals surface area contributed by atoms with Crippen molar-refractivity contribution in [2.75, 3.05) is 39.3 Å². The van der Waals surface area contributed by atoms with Crippen molar-refractivity contribution in [1.82, 2.24) is 9.80 Å². The van der Waals surface area contributed by atoms with Crippen LogP contribution in [-0.4, -0.2) is 67.3 Å². The van der Waals surface area contributed by atoms with Crippen molar-refractivity contribution in [1.29, 1.82) is 0 Å². The van der Waals surface area contributed by atoms with Crippen molar-refractivity contribution in [3.63, 3.8) is 0 Å². The molecule has 104 valence electrons. The van der Waals surface area contributed by atoms with Crippen LogP contribution in [0.4, 0.5) is 0 Å². The van der Waals surface area contributed by atoms with Crippen molar-refractivity contribution in [2.45, 2.75) is 50.4 Å². The monoisotopic (exact) mass is 253 g/mol. The Morgan fingerprint density at radius 3 is 2.67 bits per heavy atom. The van der Waals surface area contributed by atoms with Gasteiger partial charge in [0.1, 0.15) is 0 Å². The third kappa shape index (κ3) is 2.87. The lowest BCUT2D eigenvalue weighted by molar-refractivity contribution is 0.0259. The molecule has 0 aromatic carbocycles. The van der Waals surface area contributed by atoms with E-state index < -0.39 is 0 Å². The molecule has 0 aromatic heterocycles. The highest BCUT2D eigenvalue weighted by Gasteiger charge is 2.31. The van der Waals surface area contributed by atoms with Crippen LogP contribution in [0.2, 0.25) is 0 Å². The summed E-state index contributed by atoms with van der Waals surface area (Å²) in [6.07, 6.45) is 7.23. The van der Waals surface area contributed by atoms with Crippen molar-refractivity contribution < 1.29 is 4.74 Å². The summed E-state index contributed by atoms with van der Waals surface area (Å²) in [6, 6.07) is 0.819. The summed E-state index contributed by atoms with van der Waals surface area (Å²) in [5.74, 6) is 0. The second-order valence-electron chi connectivity index (χ2n) is 6.14. The van der Waals surface area contributed by atoms with Crippen molar-refractivity contribution in [3.05, 3.63) is 0 Å². The van der Waals surface area contributed by atoms with Gasteiger partial charge in [-0.1, -0.05) is 0 Å². The largest absolute Gasteiger partial charge is 0.372 e. The normalized spacial score (nSPS) is 38.8. The van der Waals surface area contributed by atoms with Gasteiger partial charge in [0.2, 0.25) is 0 Å². The third-order valence-corrected chi connectivity index (χ3v) is 4.81. The van der Waals surface area contributed by atoms with Crippen LogP contribution in [0.3, 0.4) is 0 Å². The number of fused-ring (bicyclic) bond motifs is 1. The molecule has 3 fully saturated rings. The van der Waals surface area contributed by atoms with E-state index in [9.17, 15) is 0 Å². The molecule has 3 unspecified atom stereocenters. The standard InChI is InChI=1S/C14H27N3O/c15-9-13-4-5-14(18-13)11-16-6-2-8-17-7-1-3-12(17)10-16/h12-14H,1-11,15H2. The molecular formula is C14H27N3O. The zero-order chi connectivity index (χ0) is 12.4. The van der Waals surface area contributed by atoms with Gasteiger partial charge >= 0.3 is 0 Å². The van der Waals surface area contributed by atoms with Crippen molar-refractivity contribution in [3.8, 4) is 0 Å². The highest BCUT2D eigenvalue weighted by atomic mass is 16.5. The van der Waals surface area contributed by atoms with Crippen LogP contribution >= 0.6 is 0 Å². The molecule has 3 aliphatic heterocycles. The lowest BCUT2D eigenvalue weighted by Crippen LogP contribution is -2.40. The summed E-state index contributed by atoms with van der Waals surface area (Å²) in [7, 11) is 0. The minimum atomic E-state index is 0.324. The van der Waals surface area contributed by atoms with E-state index in [4.69, 9.17) is 10.5 Å². The second kappa shape index (κ2) is 5.87. The molecule has 18 heavy (non-hydrogen) atoms. The van der Waals surface area contributed by atoms with E-state index in [1.54, 1.807) is 0 Å². The lowest BCUT2D eigenvalue weighted by Gasteiger charge is -2.27. The minimum absolute atomic E-state index is 0.324. The Bertz CT molecular complexity index is 274. The molecule has 3 rings (SSSR count). The molecule has 0 aromatic rings. The number of rotatable bonds is 3. The quantitative estimate of drug-likeness (QED) is 0.802. The van der Waals surface area contributed by atoms with Crippen LogP contribution in [-0.2, 0) is 4.74 Å². The Labute approximate surface area is 110 Å². The first-order valence-corrected chi connectivity index (χ1v) is 7.67. The molecule has 0 aliphatic carbocycles. The van der Waals surface area contributed by atoms with Gasteiger partial charge < -0.3 is 10.5 Å². The number of nitrogens with two attached hydrogens (primary N) is 1. The molecule has 3 atom stereocenters. The fourth-order valence-corrected chi connectivity index (χ4v) is 3.82. The molecule has 2 N–H and O–H groups in total. The Morgan fingerprint density at radius 2 is 1.83 bits per heavy atom. The van der Waals surface area contributed by atoms with Crippen LogP contribution < -0.4 is 5.73 Å². The predicted molar refractivity (Wildman–Crippen MR) is 72.6 cm³/mol. The van der Waals surface area contributed by atoms with E-state index in [1.807, 2.05) is 0 Å². The van der Waals surface area contributed by atoms with Gasteiger partial charge in [0.25, 0.3) is 0 Å². The second-order valence-corrected chi connectivity index (χ2v) is 6.14. The molecule has 0 amide bonds. The van der Waals surface area contributed by atoms with Crippen LogP contribution in [0.15, 0.2) is 0 Å². The summed E-state index contributed by atoms with van der Waals surface area (Å²) in [4.78, 5) is 5.33. The topological polar surface area (TPSA) is 41.7 Å². The molecule has 3 aliphatic rings. The van der Waals surface area contributed by atoms with E-state index in [0.29, 0.717) is 18.8 Å². The van der Waals surface area contributed by atoms with Crippen LogP contribution in [0.5, 0.6) is 0 Å². The molecule has 0 saturated carbocycles. The number of hydrogen-bond acceptors (Lipinski definition) is 4. The van der Waals surface area contributed by atoms with Crippen molar-refractivity contribution in [2.24, 2.45) is 5.73 Å². The van der Waals surface area contributed by atoms with Crippen LogP contribution in [0, 0.1) is 0 Å². The molecule has 4 nitrogen and oxygen atoms in total. The predicted octanol–water partition coefficient (Wildman–Crippen LogP) is 0.663. The van der Waals surface area contributed by atoms with Gasteiger partial charge in [-0.05, 0) is 51.7 Å². The van der Waals surface area contributed by atoms with E-state index in [1.165, 1.54) is 51.9 Å². The summed E-state index contributed by atoms with van der Waals surface area (Å²) < 4.78 is 5.99. The summed E-state index contributed by atoms with van der Waals surface area (Å²) in [5, 5.41) is 0. The average molecular weight is 253 g/mol. The third-order valence-electron chi connectivity index (χ3n) is 4.81. The molecule has 4 heteroatoms. The molecular weight excluding hydrogens is 226 g/mol. The molecule has 0 radical (unpaired) electrons. The smallest absolute Gasteiger partial charge is 0.0707 e. The number of nitrogens with zero attached hydrogens (tertiary/aromatic N) is 2. The highest BCUT2D eigenvalue weighted by molar-refractivity contribution is 4.86. The summed E-state index contributed by atoms with van der Waals surface area (Å²) in [6.45, 7) is 6.95. The number of hydrogen-bond donors (Lipinski definition) is 1. The number of ether oxygens (including phenoxy) is 1. The van der Waals surface area contributed by atoms with E-state index in [0.717, 1.165) is 19.0 Å². The average Bonchev–Trinajstić information content (AvgIpc) is 2.96. The fourth-order valence-electron chi connectivity index (χ4n) is 3.82. The van der Waals surface area contributed by atoms with E-state index in [-0.39, 0.29) is 0 Å². The summed E-state index contributed by atoms with van der Waals surface area (Å²) >= 11 is 0. The van der Waals surface area contributed by atoms with Gasteiger partial charge in [-0.2, -0.15) is 0 Å². The van der Waals surface area contributed by atoms with Gasteiger partial charge in [0.05, 0.1) is 12.2 Å². The molecule has 3 saturated heterocycles. The Hall–Kier alpha value is -0.160. The van der Waals surface area contributed by atoms with Crippen LogP contribution in [0.1, 0.15) is 32.1 Å². The first-order chi connectivity index (χ1) is 8.85. The van der Waals surface area contributed by atoms with Gasteiger partial charge in [0.15, 0.2) is 0 Å². The van der Waals surface area contributed by atoms with Crippen LogP contribution in [0.25, 0.3) is 0 Å². The Morgan fingerprint density at radius 1 is 1.00 bits per heavy atom. The van der Waals surface area contributed by atoms with Crippen molar-refractivity contribution >= 4 is 0 Å². The van der Waals surface area contributed by atoms with Gasteiger partial charge in [-0.3, -0.25) is 9.80 Å². The summed E-state index contributed by atoms with van der Waals surface area (Å²) in [5.41, 5.74) is 5.68. The zero-order valence-electron chi connectivity index (χ0n) is 11.4. The van der Waals surface area contributed by atoms with Gasteiger partial charge in [-0.15, -0.1) is 0 Å². The highest BCUT2D eigenvalue weighted by Crippen LogP contribution is 2.24. The fraction of sp³-hybridized carbons (Fsp3) is 1.00. The maximum absolute atomic E-state index is 5.99. The first kappa shape index (κ1) is 12.9. The first-order valence-electron chi connectivity index (χ1n) is 7.67. The Kier molecular flexibility index (Phi) is 4.19. The molecule has 0 bridgehead atoms. The molecule has 3 heterocycles. The van der Waals surface area contributed by atoms with Gasteiger partial charge in [0, 0.05) is 25.7 Å². The Balaban J connectivity index is 1.50. The SMILES string of the molecule is NCC1CCC(CN2CCCN3CCCC3C2)O1. The maximum atomic E-state index is 5.99. The molecule has 0 spiro atoms. The zero-order valence-corrected chi connectivity index (χ0v) is 11.4.